The zero-order valence-electron chi connectivity index (χ0n) is 26.6. The Hall–Kier alpha value is -2.95. The largest absolute Gasteiger partial charge is 0.491 e. The van der Waals surface area contributed by atoms with Crippen molar-refractivity contribution in [1.82, 2.24) is 9.62 Å². The van der Waals surface area contributed by atoms with E-state index in [1.54, 1.807) is 48.5 Å². The molecule has 2 heterocycles. The van der Waals surface area contributed by atoms with Gasteiger partial charge in [-0.05, 0) is 79.6 Å². The van der Waals surface area contributed by atoms with E-state index in [1.807, 2.05) is 0 Å². The van der Waals surface area contributed by atoms with Crippen LogP contribution >= 0.6 is 0 Å². The highest BCUT2D eigenvalue weighted by molar-refractivity contribution is 7.93. The molecule has 0 radical (unpaired) electrons. The van der Waals surface area contributed by atoms with Gasteiger partial charge in [-0.3, -0.25) is 0 Å². The number of benzene rings is 3. The summed E-state index contributed by atoms with van der Waals surface area (Å²) in [6.45, 7) is 0.851. The third-order valence-electron chi connectivity index (χ3n) is 9.79. The molecule has 2 saturated heterocycles. The second kappa shape index (κ2) is 13.8. The molecule has 260 valence electrons. The van der Waals surface area contributed by atoms with Gasteiger partial charge in [-0.15, -0.1) is 0 Å². The molecule has 0 aromatic heterocycles. The number of nitrogens with two attached hydrogens (primary N) is 1. The smallest absolute Gasteiger partial charge is 0.243 e. The molecule has 1 spiro atoms. The average molecular weight is 704 g/mol. The van der Waals surface area contributed by atoms with E-state index in [4.69, 9.17) is 15.2 Å². The van der Waals surface area contributed by atoms with Crippen LogP contribution in [0.2, 0.25) is 0 Å². The standard InChI is InChI=1S/C34H42FN3O8S2/c35-32-16-25(7-8-26(32)19-36)24-3-1-6-31(15-24)48(43,44)38-13-11-33(12-14-38)18-27(21-46-33)37-20-28(40)22-45-29-4-2-5-30(17-29)47(41,42)34(23-39)9-10-34/h1-8,15-17,27-28,37,39-40H,9-14,18-23,36H2/t27-,28-/m0/s1. The summed E-state index contributed by atoms with van der Waals surface area (Å²) in [6.07, 6.45) is 1.70. The number of hydrogen-bond acceptors (Lipinski definition) is 10. The number of rotatable bonds is 13. The number of hydrogen-bond donors (Lipinski definition) is 4. The highest BCUT2D eigenvalue weighted by Crippen LogP contribution is 2.46. The molecule has 0 bridgehead atoms. The maximum atomic E-state index is 14.3. The number of halogens is 1. The van der Waals surface area contributed by atoms with Gasteiger partial charge in [0.2, 0.25) is 10.0 Å². The molecule has 3 aromatic rings. The van der Waals surface area contributed by atoms with Crippen LogP contribution < -0.4 is 15.8 Å². The van der Waals surface area contributed by atoms with Gasteiger partial charge in [0.15, 0.2) is 9.84 Å². The minimum atomic E-state index is -3.79. The van der Waals surface area contributed by atoms with E-state index >= 15 is 0 Å². The third-order valence-corrected chi connectivity index (χ3v) is 14.2. The van der Waals surface area contributed by atoms with Crippen LogP contribution in [0.3, 0.4) is 0 Å². The van der Waals surface area contributed by atoms with E-state index in [-0.39, 0.29) is 35.5 Å². The second-order valence-corrected chi connectivity index (χ2v) is 17.3. The van der Waals surface area contributed by atoms with Gasteiger partial charge < -0.3 is 30.7 Å². The van der Waals surface area contributed by atoms with E-state index in [2.05, 4.69) is 5.32 Å². The number of sulfone groups is 1. The lowest BCUT2D eigenvalue weighted by molar-refractivity contribution is -0.0312. The molecule has 3 aromatic carbocycles. The first-order valence-corrected chi connectivity index (χ1v) is 19.1. The van der Waals surface area contributed by atoms with Crippen molar-refractivity contribution < 1.29 is 40.9 Å². The van der Waals surface area contributed by atoms with E-state index in [0.29, 0.717) is 74.2 Å². The van der Waals surface area contributed by atoms with Crippen LogP contribution in [0.5, 0.6) is 5.75 Å². The van der Waals surface area contributed by atoms with Crippen molar-refractivity contribution in [3.05, 3.63) is 78.1 Å². The summed E-state index contributed by atoms with van der Waals surface area (Å²) >= 11 is 0. The first-order valence-electron chi connectivity index (χ1n) is 16.1. The van der Waals surface area contributed by atoms with Gasteiger partial charge in [-0.2, -0.15) is 4.31 Å². The summed E-state index contributed by atoms with van der Waals surface area (Å²) in [7, 11) is -7.47. The fourth-order valence-corrected chi connectivity index (χ4v) is 9.85. The van der Waals surface area contributed by atoms with Gasteiger partial charge in [0.05, 0.1) is 33.4 Å². The van der Waals surface area contributed by atoms with Crippen LogP contribution in [0.1, 0.15) is 37.7 Å². The maximum Gasteiger partial charge on any atom is 0.243 e. The first-order chi connectivity index (χ1) is 22.9. The van der Waals surface area contributed by atoms with Crippen molar-refractivity contribution in [1.29, 1.82) is 0 Å². The summed E-state index contributed by atoms with van der Waals surface area (Å²) in [5.41, 5.74) is 6.66. The number of ether oxygens (including phenoxy) is 2. The molecule has 0 amide bonds. The minimum Gasteiger partial charge on any atom is -0.491 e. The van der Waals surface area contributed by atoms with Gasteiger partial charge >= 0.3 is 0 Å². The lowest BCUT2D eigenvalue weighted by atomic mass is 9.88. The van der Waals surface area contributed by atoms with E-state index in [1.165, 1.54) is 22.5 Å². The number of nitrogens with zero attached hydrogens (tertiary/aromatic N) is 1. The zero-order chi connectivity index (χ0) is 34.2. The van der Waals surface area contributed by atoms with Crippen molar-refractivity contribution in [3.63, 3.8) is 0 Å². The summed E-state index contributed by atoms with van der Waals surface area (Å²) in [4.78, 5) is 0.234. The van der Waals surface area contributed by atoms with Gasteiger partial charge in [0.25, 0.3) is 0 Å². The van der Waals surface area contributed by atoms with Crippen LogP contribution in [0.25, 0.3) is 11.1 Å². The van der Waals surface area contributed by atoms with Gasteiger partial charge in [-0.25, -0.2) is 21.2 Å². The normalized spacial score (nSPS) is 21.3. The van der Waals surface area contributed by atoms with E-state index in [0.717, 1.165) is 0 Å². The van der Waals surface area contributed by atoms with Crippen molar-refractivity contribution in [2.75, 3.05) is 39.5 Å². The molecule has 14 heteroatoms. The molecule has 2 atom stereocenters. The molecule has 3 fully saturated rings. The fourth-order valence-electron chi connectivity index (χ4n) is 6.52. The van der Waals surface area contributed by atoms with Crippen LogP contribution in [0.4, 0.5) is 4.39 Å². The van der Waals surface area contributed by atoms with Crippen LogP contribution in [-0.4, -0.2) is 93.3 Å². The summed E-state index contributed by atoms with van der Waals surface area (Å²) in [5, 5.41) is 23.5. The minimum absolute atomic E-state index is 0.0350. The third kappa shape index (κ3) is 7.03. The summed E-state index contributed by atoms with van der Waals surface area (Å²) in [5.74, 6) is -0.116. The van der Waals surface area contributed by atoms with Crippen LogP contribution in [0.15, 0.2) is 76.5 Å². The molecule has 1 aliphatic carbocycles. The molecule has 6 rings (SSSR count). The molecular formula is C34H42FN3O8S2. The van der Waals surface area contributed by atoms with E-state index in [9.17, 15) is 31.4 Å². The lowest BCUT2D eigenvalue weighted by Gasteiger charge is -2.38. The number of piperidine rings is 1. The Bertz CT molecular complexity index is 1840. The van der Waals surface area contributed by atoms with Crippen molar-refractivity contribution in [2.24, 2.45) is 5.73 Å². The maximum absolute atomic E-state index is 14.3. The van der Waals surface area contributed by atoms with Gasteiger partial charge in [0.1, 0.15) is 24.3 Å². The van der Waals surface area contributed by atoms with E-state index < -0.39 is 48.7 Å². The molecule has 5 N–H and O–H groups in total. The molecule has 1 saturated carbocycles. The van der Waals surface area contributed by atoms with Crippen molar-refractivity contribution >= 4 is 19.9 Å². The monoisotopic (exact) mass is 703 g/mol. The topological polar surface area (TPSA) is 168 Å². The Morgan fingerprint density at radius 2 is 1.69 bits per heavy atom. The predicted molar refractivity (Wildman–Crippen MR) is 177 cm³/mol. The highest BCUT2D eigenvalue weighted by atomic mass is 32.2. The van der Waals surface area contributed by atoms with Crippen LogP contribution in [0, 0.1) is 5.82 Å². The Labute approximate surface area is 280 Å². The van der Waals surface area contributed by atoms with Crippen molar-refractivity contribution in [3.8, 4) is 16.9 Å². The average Bonchev–Trinajstić information content (AvgIpc) is 3.82. The number of aliphatic hydroxyl groups excluding tert-OH is 2. The van der Waals surface area contributed by atoms with Gasteiger partial charge in [0, 0.05) is 37.8 Å². The Morgan fingerprint density at radius 1 is 0.979 bits per heavy atom. The van der Waals surface area contributed by atoms with Crippen molar-refractivity contribution in [2.45, 2.75) is 70.9 Å². The first kappa shape index (κ1) is 34.9. The molecular weight excluding hydrogens is 662 g/mol. The second-order valence-electron chi connectivity index (χ2n) is 13.0. The molecule has 48 heavy (non-hydrogen) atoms. The Morgan fingerprint density at radius 3 is 2.38 bits per heavy atom. The number of aliphatic hydroxyl groups is 2. The highest BCUT2D eigenvalue weighted by Gasteiger charge is 2.54. The summed E-state index contributed by atoms with van der Waals surface area (Å²) in [6, 6.07) is 17.3. The molecule has 2 aliphatic heterocycles. The zero-order valence-corrected chi connectivity index (χ0v) is 28.2. The molecule has 11 nitrogen and oxygen atoms in total. The lowest BCUT2D eigenvalue weighted by Crippen LogP contribution is -2.47. The molecule has 3 aliphatic rings. The number of nitrogens with one attached hydrogen (secondary N) is 1. The fraction of sp³-hybridized carbons (Fsp3) is 0.471. The Balaban J connectivity index is 0.982. The SMILES string of the molecule is NCc1ccc(-c2cccc(S(=O)(=O)N3CCC4(CC3)C[C@H](NC[C@H](O)COc3cccc(S(=O)(=O)C5(CO)CC5)c3)CO4)c2)cc1F. The Kier molecular flexibility index (Phi) is 10.00. The predicted octanol–water partition coefficient (Wildman–Crippen LogP) is 2.59. The number of sulfonamides is 1. The quantitative estimate of drug-likeness (QED) is 0.208. The summed E-state index contributed by atoms with van der Waals surface area (Å²) < 4.78 is 79.6. The van der Waals surface area contributed by atoms with Crippen LogP contribution in [-0.2, 0) is 31.1 Å². The molecule has 0 unspecified atom stereocenters. The van der Waals surface area contributed by atoms with Gasteiger partial charge in [-0.1, -0.05) is 30.3 Å².